The SMILES string of the molecule is CC(C)Cn1c(SCC(=O)NC(C)c2ccc(Cl)c(Cl)c2)nnc1-c1ccco1. The van der Waals surface area contributed by atoms with E-state index in [2.05, 4.69) is 29.4 Å². The lowest BCUT2D eigenvalue weighted by atomic mass is 10.1. The van der Waals surface area contributed by atoms with Crippen molar-refractivity contribution in [1.29, 1.82) is 0 Å². The molecular formula is C20H22Cl2N4O2S. The van der Waals surface area contributed by atoms with Gasteiger partial charge in [-0.2, -0.15) is 0 Å². The molecule has 154 valence electrons. The molecule has 0 fully saturated rings. The van der Waals surface area contributed by atoms with Crippen LogP contribution in [0.5, 0.6) is 0 Å². The fourth-order valence-electron chi connectivity index (χ4n) is 2.79. The second-order valence-corrected chi connectivity index (χ2v) is 8.80. The Hall–Kier alpha value is -1.96. The molecule has 3 aromatic rings. The van der Waals surface area contributed by atoms with Crippen LogP contribution in [-0.2, 0) is 11.3 Å². The van der Waals surface area contributed by atoms with Crippen molar-refractivity contribution in [2.24, 2.45) is 5.92 Å². The Bertz CT molecular complexity index is 973. The maximum Gasteiger partial charge on any atom is 0.230 e. The summed E-state index contributed by atoms with van der Waals surface area (Å²) in [6, 6.07) is 8.80. The number of benzene rings is 1. The standard InChI is InChI=1S/C20H22Cl2N4O2S/c1-12(2)10-26-19(17-5-4-8-28-17)24-25-20(26)29-11-18(27)23-13(3)14-6-7-15(21)16(22)9-14/h4-9,12-13H,10-11H2,1-3H3,(H,23,27). The Morgan fingerprint density at radius 1 is 1.21 bits per heavy atom. The minimum atomic E-state index is -0.190. The van der Waals surface area contributed by atoms with Crippen LogP contribution in [0, 0.1) is 5.92 Å². The summed E-state index contributed by atoms with van der Waals surface area (Å²) >= 11 is 13.4. The van der Waals surface area contributed by atoms with Crippen LogP contribution in [0.25, 0.3) is 11.6 Å². The molecule has 1 atom stereocenters. The van der Waals surface area contributed by atoms with Crippen molar-refractivity contribution in [2.45, 2.75) is 38.5 Å². The molecule has 1 N–H and O–H groups in total. The Morgan fingerprint density at radius 2 is 2.00 bits per heavy atom. The summed E-state index contributed by atoms with van der Waals surface area (Å²) in [5.41, 5.74) is 0.890. The maximum absolute atomic E-state index is 12.5. The van der Waals surface area contributed by atoms with Crippen molar-refractivity contribution in [3.05, 3.63) is 52.2 Å². The molecule has 0 aliphatic heterocycles. The minimum Gasteiger partial charge on any atom is -0.461 e. The van der Waals surface area contributed by atoms with Gasteiger partial charge in [-0.05, 0) is 42.7 Å². The van der Waals surface area contributed by atoms with Crippen LogP contribution in [0.2, 0.25) is 10.0 Å². The highest BCUT2D eigenvalue weighted by Crippen LogP contribution is 2.27. The van der Waals surface area contributed by atoms with Gasteiger partial charge in [0, 0.05) is 6.54 Å². The molecule has 0 saturated carbocycles. The number of nitrogens with zero attached hydrogens (tertiary/aromatic N) is 3. The van der Waals surface area contributed by atoms with E-state index in [9.17, 15) is 4.79 Å². The first-order valence-electron chi connectivity index (χ1n) is 9.19. The summed E-state index contributed by atoms with van der Waals surface area (Å²) in [6.07, 6.45) is 1.61. The lowest BCUT2D eigenvalue weighted by molar-refractivity contribution is -0.119. The van der Waals surface area contributed by atoms with E-state index in [-0.39, 0.29) is 17.7 Å². The second kappa shape index (κ2) is 9.69. The number of carbonyl (C=O) groups excluding carboxylic acids is 1. The summed E-state index contributed by atoms with van der Waals surface area (Å²) < 4.78 is 7.46. The number of nitrogens with one attached hydrogen (secondary N) is 1. The van der Waals surface area contributed by atoms with Crippen LogP contribution >= 0.6 is 35.0 Å². The average molecular weight is 453 g/mol. The number of hydrogen-bond donors (Lipinski definition) is 1. The van der Waals surface area contributed by atoms with Gasteiger partial charge in [0.2, 0.25) is 5.91 Å². The minimum absolute atomic E-state index is 0.104. The Kier molecular flexibility index (Phi) is 7.27. The van der Waals surface area contributed by atoms with E-state index in [0.29, 0.717) is 32.7 Å². The predicted octanol–water partition coefficient (Wildman–Crippen LogP) is 5.47. The molecule has 9 heteroatoms. The van der Waals surface area contributed by atoms with E-state index < -0.39 is 0 Å². The smallest absolute Gasteiger partial charge is 0.230 e. The van der Waals surface area contributed by atoms with E-state index in [1.54, 1.807) is 18.4 Å². The maximum atomic E-state index is 12.5. The molecule has 3 rings (SSSR count). The lowest BCUT2D eigenvalue weighted by Gasteiger charge is -2.15. The number of hydrogen-bond acceptors (Lipinski definition) is 5. The molecular weight excluding hydrogens is 431 g/mol. The van der Waals surface area contributed by atoms with Gasteiger partial charge < -0.3 is 9.73 Å². The van der Waals surface area contributed by atoms with E-state index in [4.69, 9.17) is 27.6 Å². The van der Waals surface area contributed by atoms with Crippen molar-refractivity contribution in [3.63, 3.8) is 0 Å². The number of halogens is 2. The Balaban J connectivity index is 1.66. The summed E-state index contributed by atoms with van der Waals surface area (Å²) in [5.74, 6) is 1.83. The van der Waals surface area contributed by atoms with Crippen LogP contribution in [0.15, 0.2) is 46.2 Å². The molecule has 1 unspecified atom stereocenters. The van der Waals surface area contributed by atoms with Crippen molar-refractivity contribution in [2.75, 3.05) is 5.75 Å². The quantitative estimate of drug-likeness (QED) is 0.458. The Morgan fingerprint density at radius 3 is 2.66 bits per heavy atom. The largest absolute Gasteiger partial charge is 0.461 e. The van der Waals surface area contributed by atoms with E-state index in [1.165, 1.54) is 11.8 Å². The van der Waals surface area contributed by atoms with E-state index >= 15 is 0 Å². The summed E-state index contributed by atoms with van der Waals surface area (Å²) in [5, 5.41) is 13.1. The van der Waals surface area contributed by atoms with Gasteiger partial charge in [0.1, 0.15) is 0 Å². The van der Waals surface area contributed by atoms with E-state index in [1.807, 2.05) is 29.7 Å². The van der Waals surface area contributed by atoms with Gasteiger partial charge in [-0.25, -0.2) is 0 Å². The zero-order valence-corrected chi connectivity index (χ0v) is 18.7. The third kappa shape index (κ3) is 5.56. The number of amides is 1. The molecule has 0 radical (unpaired) electrons. The number of thioether (sulfide) groups is 1. The van der Waals surface area contributed by atoms with Crippen LogP contribution < -0.4 is 5.32 Å². The molecule has 0 saturated heterocycles. The fourth-order valence-corrected chi connectivity index (χ4v) is 3.86. The predicted molar refractivity (Wildman–Crippen MR) is 116 cm³/mol. The molecule has 29 heavy (non-hydrogen) atoms. The van der Waals surface area contributed by atoms with E-state index in [0.717, 1.165) is 12.1 Å². The highest BCUT2D eigenvalue weighted by Gasteiger charge is 2.19. The summed E-state index contributed by atoms with van der Waals surface area (Å²) in [6.45, 7) is 6.86. The third-order valence-corrected chi connectivity index (χ3v) is 5.87. The first kappa shape index (κ1) is 21.7. The van der Waals surface area contributed by atoms with Crippen molar-refractivity contribution >= 4 is 40.9 Å². The summed E-state index contributed by atoms with van der Waals surface area (Å²) in [4.78, 5) is 12.5. The number of aromatic nitrogens is 3. The Labute approximate surface area is 184 Å². The molecule has 0 spiro atoms. The second-order valence-electron chi connectivity index (χ2n) is 7.04. The first-order valence-corrected chi connectivity index (χ1v) is 10.9. The fraction of sp³-hybridized carbons (Fsp3) is 0.350. The van der Waals surface area contributed by atoms with Gasteiger partial charge in [0.15, 0.2) is 16.7 Å². The molecule has 1 amide bonds. The molecule has 2 aromatic heterocycles. The first-order chi connectivity index (χ1) is 13.8. The molecule has 0 aliphatic carbocycles. The lowest BCUT2D eigenvalue weighted by Crippen LogP contribution is -2.28. The van der Waals surface area contributed by atoms with Crippen LogP contribution in [0.1, 0.15) is 32.4 Å². The molecule has 2 heterocycles. The third-order valence-electron chi connectivity index (χ3n) is 4.16. The monoisotopic (exact) mass is 452 g/mol. The number of furan rings is 1. The molecule has 0 aliphatic rings. The van der Waals surface area contributed by atoms with Gasteiger partial charge in [-0.3, -0.25) is 9.36 Å². The normalized spacial score (nSPS) is 12.3. The number of carbonyl (C=O) groups is 1. The number of rotatable bonds is 8. The van der Waals surface area contributed by atoms with Crippen molar-refractivity contribution in [3.8, 4) is 11.6 Å². The topological polar surface area (TPSA) is 73.0 Å². The highest BCUT2D eigenvalue weighted by molar-refractivity contribution is 7.99. The van der Waals surface area contributed by atoms with Gasteiger partial charge in [-0.15, -0.1) is 10.2 Å². The summed E-state index contributed by atoms with van der Waals surface area (Å²) in [7, 11) is 0. The van der Waals surface area contributed by atoms with Crippen LogP contribution in [-0.4, -0.2) is 26.4 Å². The van der Waals surface area contributed by atoms with Gasteiger partial charge >= 0.3 is 0 Å². The van der Waals surface area contributed by atoms with Crippen LogP contribution in [0.3, 0.4) is 0 Å². The zero-order chi connectivity index (χ0) is 21.0. The van der Waals surface area contributed by atoms with Gasteiger partial charge in [-0.1, -0.05) is 54.9 Å². The van der Waals surface area contributed by atoms with Crippen molar-refractivity contribution < 1.29 is 9.21 Å². The van der Waals surface area contributed by atoms with Gasteiger partial charge in [0.25, 0.3) is 0 Å². The van der Waals surface area contributed by atoms with Gasteiger partial charge in [0.05, 0.1) is 28.1 Å². The highest BCUT2D eigenvalue weighted by atomic mass is 35.5. The molecule has 0 bridgehead atoms. The average Bonchev–Trinajstić information content (AvgIpc) is 3.31. The zero-order valence-electron chi connectivity index (χ0n) is 16.4. The molecule has 1 aromatic carbocycles. The van der Waals surface area contributed by atoms with Crippen molar-refractivity contribution in [1.82, 2.24) is 20.1 Å². The molecule has 6 nitrogen and oxygen atoms in total. The van der Waals surface area contributed by atoms with Crippen LogP contribution in [0.4, 0.5) is 0 Å².